The molecule has 5 atom stereocenters. The third kappa shape index (κ3) is 71.3. The Morgan fingerprint density at radius 3 is 0.940 bits per heavy atom. The third-order valence-corrected chi connectivity index (χ3v) is 17.2. The van der Waals surface area contributed by atoms with Gasteiger partial charge in [0.15, 0.2) is 12.2 Å². The van der Waals surface area contributed by atoms with Crippen LogP contribution in [0.25, 0.3) is 0 Å². The van der Waals surface area contributed by atoms with Gasteiger partial charge >= 0.3 is 39.5 Å². The molecular weight excluding hydrogens is 1310 g/mol. The normalized spacial score (nSPS) is 14.8. The molecule has 0 radical (unpaired) electrons. The van der Waals surface area contributed by atoms with Gasteiger partial charge in [0.05, 0.1) is 32.8 Å². The van der Waals surface area contributed by atoms with Crippen molar-refractivity contribution in [3.63, 3.8) is 0 Å². The number of hydrogen-bond donors (Lipinski definition) is 3. The van der Waals surface area contributed by atoms with Gasteiger partial charge in [0.2, 0.25) is 0 Å². The minimum Gasteiger partial charge on any atom is -0.462 e. The lowest BCUT2D eigenvalue weighted by Crippen LogP contribution is -2.30. The molecule has 0 aliphatic rings. The van der Waals surface area contributed by atoms with Crippen LogP contribution >= 0.6 is 15.6 Å². The molecule has 19 heteroatoms. The van der Waals surface area contributed by atoms with E-state index in [9.17, 15) is 43.2 Å². The Morgan fingerprint density at radius 1 is 0.300 bits per heavy atom. The lowest BCUT2D eigenvalue weighted by Gasteiger charge is -2.21. The number of ether oxygens (including phenoxy) is 4. The second kappa shape index (κ2) is 72.3. The number of aliphatic hydroxyl groups is 1. The molecular formula is C81H134O17P2. The van der Waals surface area contributed by atoms with Crippen molar-refractivity contribution in [2.75, 3.05) is 39.6 Å². The van der Waals surface area contributed by atoms with Crippen molar-refractivity contribution >= 4 is 39.5 Å². The van der Waals surface area contributed by atoms with Crippen molar-refractivity contribution in [1.29, 1.82) is 0 Å². The number of rotatable bonds is 70. The maximum atomic E-state index is 13.1. The monoisotopic (exact) mass is 1440 g/mol. The van der Waals surface area contributed by atoms with E-state index >= 15 is 0 Å². The number of hydrogen-bond acceptors (Lipinski definition) is 15. The molecule has 3 N–H and O–H groups in total. The summed E-state index contributed by atoms with van der Waals surface area (Å²) in [6, 6.07) is 0. The van der Waals surface area contributed by atoms with E-state index in [-0.39, 0.29) is 25.7 Å². The molecule has 0 aromatic heterocycles. The number of unbranched alkanes of at least 4 members (excludes halogenated alkanes) is 21. The summed E-state index contributed by atoms with van der Waals surface area (Å²) >= 11 is 0. The van der Waals surface area contributed by atoms with Gasteiger partial charge in [-0.1, -0.05) is 263 Å². The topological polar surface area (TPSA) is 237 Å². The van der Waals surface area contributed by atoms with Gasteiger partial charge in [0.25, 0.3) is 0 Å². The fourth-order valence-electron chi connectivity index (χ4n) is 9.55. The maximum absolute atomic E-state index is 13.1. The van der Waals surface area contributed by atoms with Crippen LogP contribution in [0.15, 0.2) is 146 Å². The predicted molar refractivity (Wildman–Crippen MR) is 408 cm³/mol. The Bertz CT molecular complexity index is 2470. The summed E-state index contributed by atoms with van der Waals surface area (Å²) < 4.78 is 68.3. The van der Waals surface area contributed by atoms with Crippen molar-refractivity contribution in [3.05, 3.63) is 146 Å². The first-order valence-electron chi connectivity index (χ1n) is 38.1. The summed E-state index contributed by atoms with van der Waals surface area (Å²) in [5.41, 5.74) is 0. The number of esters is 4. The van der Waals surface area contributed by atoms with Crippen molar-refractivity contribution in [3.8, 4) is 0 Å². The average molecular weight is 1440 g/mol. The Balaban J connectivity index is 5.46. The van der Waals surface area contributed by atoms with E-state index < -0.39 is 97.5 Å². The minimum absolute atomic E-state index is 0.0711. The third-order valence-electron chi connectivity index (χ3n) is 15.3. The van der Waals surface area contributed by atoms with E-state index in [4.69, 9.17) is 37.0 Å². The lowest BCUT2D eigenvalue weighted by atomic mass is 10.1. The second-order valence-corrected chi connectivity index (χ2v) is 27.7. The molecule has 0 aromatic carbocycles. The molecule has 5 unspecified atom stereocenters. The van der Waals surface area contributed by atoms with Crippen LogP contribution in [0, 0.1) is 0 Å². The zero-order valence-corrected chi connectivity index (χ0v) is 63.9. The van der Waals surface area contributed by atoms with Gasteiger partial charge in [-0.2, -0.15) is 0 Å². The molecule has 0 fully saturated rings. The van der Waals surface area contributed by atoms with Crippen molar-refractivity contribution in [2.45, 2.75) is 303 Å². The summed E-state index contributed by atoms with van der Waals surface area (Å²) in [4.78, 5) is 72.8. The van der Waals surface area contributed by atoms with Crippen LogP contribution in [-0.4, -0.2) is 96.7 Å². The highest BCUT2D eigenvalue weighted by atomic mass is 31.2. The molecule has 0 spiro atoms. The van der Waals surface area contributed by atoms with Gasteiger partial charge in [-0.25, -0.2) is 9.13 Å². The summed E-state index contributed by atoms with van der Waals surface area (Å²) in [7, 11) is -10.0. The van der Waals surface area contributed by atoms with E-state index in [0.29, 0.717) is 25.7 Å². The van der Waals surface area contributed by atoms with Gasteiger partial charge < -0.3 is 33.8 Å². The maximum Gasteiger partial charge on any atom is 0.472 e. The number of aliphatic hydroxyl groups excluding tert-OH is 1. The smallest absolute Gasteiger partial charge is 0.462 e. The fourth-order valence-corrected chi connectivity index (χ4v) is 11.1. The van der Waals surface area contributed by atoms with Crippen LogP contribution in [0.4, 0.5) is 0 Å². The van der Waals surface area contributed by atoms with E-state index in [0.717, 1.165) is 167 Å². The van der Waals surface area contributed by atoms with Crippen molar-refractivity contribution in [2.24, 2.45) is 0 Å². The fraction of sp³-hybridized carbons (Fsp3) is 0.654. The van der Waals surface area contributed by atoms with Crippen LogP contribution in [0.5, 0.6) is 0 Å². The van der Waals surface area contributed by atoms with Gasteiger partial charge in [-0.15, -0.1) is 0 Å². The largest absolute Gasteiger partial charge is 0.472 e. The zero-order chi connectivity index (χ0) is 73.2. The minimum atomic E-state index is -5.01. The standard InChI is InChI=1S/C81H134O17P2/c1-5-9-13-17-21-25-29-33-36-37-40-43-46-50-54-58-62-66-79(84)92-72-77(98-81(86)68-64-60-56-52-48-44-39-35-31-27-23-19-15-11-7-3)74-96-100(89,90)94-70-75(82)69-93-99(87,88)95-73-76(97-80(85)67-63-59-55-51-47-41-32-28-24-20-16-12-8-4)71-91-78(83)65-61-57-53-49-45-42-38-34-30-26-22-18-14-10-6-2/h9,11,13,15-16,20-21,23,25,27-28,32-36,38-40,43,48,52,60,64,75-77,82H,5-8,10,12,14,17-19,22,24,26,29-31,37,41-42,44-47,49-51,53-59,61-63,65-74H2,1-4H3,(H,87,88)(H,89,90)/b13-9-,15-11-,20-16-,25-21-,27-23-,32-28-,36-33-,38-34-,39-35-,43-40-,52-48-,64-60-. The number of carbonyl (C=O) groups excluding carboxylic acids is 4. The molecule has 0 aliphatic carbocycles. The van der Waals surface area contributed by atoms with E-state index in [2.05, 4.69) is 149 Å². The van der Waals surface area contributed by atoms with Crippen molar-refractivity contribution in [1.82, 2.24) is 0 Å². The number of phosphoric ester groups is 2. The lowest BCUT2D eigenvalue weighted by molar-refractivity contribution is -0.161. The quantitative estimate of drug-likeness (QED) is 0.0169. The van der Waals surface area contributed by atoms with Crippen molar-refractivity contribution < 1.29 is 80.2 Å². The highest BCUT2D eigenvalue weighted by molar-refractivity contribution is 7.47. The molecule has 17 nitrogen and oxygen atoms in total. The van der Waals surface area contributed by atoms with Gasteiger partial charge in [0.1, 0.15) is 19.3 Å². The molecule has 0 bridgehead atoms. The van der Waals surface area contributed by atoms with Gasteiger partial charge in [0, 0.05) is 19.3 Å². The Kier molecular flexibility index (Phi) is 68.6. The van der Waals surface area contributed by atoms with Crippen LogP contribution in [0.2, 0.25) is 0 Å². The number of carbonyl (C=O) groups is 4. The highest BCUT2D eigenvalue weighted by Gasteiger charge is 2.30. The summed E-state index contributed by atoms with van der Waals surface area (Å²) in [6.45, 7) is 4.39. The number of phosphoric acid groups is 2. The van der Waals surface area contributed by atoms with Crippen LogP contribution in [0.1, 0.15) is 285 Å². The summed E-state index contributed by atoms with van der Waals surface area (Å²) in [5, 5.41) is 10.6. The SMILES string of the molecule is CC/C=C\C/C=C\C/C=C\C/C=C\C/C=C\CC(=O)OC(COC(=O)CCCCCC/C=C\C/C=C\C/C=C\C/C=C\CC)COP(=O)(O)OCC(O)COP(=O)(O)OCC(COC(=O)CCCCCCC/C=C\CCCCCCCC)OC(=O)CCCCCCC/C=C\C/C=C\CCC. The Morgan fingerprint density at radius 2 is 0.580 bits per heavy atom. The van der Waals surface area contributed by atoms with E-state index in [1.165, 1.54) is 38.5 Å². The van der Waals surface area contributed by atoms with Crippen LogP contribution < -0.4 is 0 Å². The Hall–Kier alpha value is -5.06. The predicted octanol–water partition coefficient (Wildman–Crippen LogP) is 21.9. The first-order valence-corrected chi connectivity index (χ1v) is 41.1. The van der Waals surface area contributed by atoms with Gasteiger partial charge in [-0.3, -0.25) is 37.3 Å². The molecule has 0 amide bonds. The van der Waals surface area contributed by atoms with Crippen LogP contribution in [0.3, 0.4) is 0 Å². The van der Waals surface area contributed by atoms with Gasteiger partial charge in [-0.05, 0) is 141 Å². The second-order valence-electron chi connectivity index (χ2n) is 24.8. The molecule has 0 heterocycles. The first-order chi connectivity index (χ1) is 48.7. The molecule has 0 aliphatic heterocycles. The summed E-state index contributed by atoms with van der Waals surface area (Å²) in [5.74, 6) is -2.38. The van der Waals surface area contributed by atoms with Crippen LogP contribution in [-0.2, 0) is 65.4 Å². The molecule has 0 aromatic rings. The molecule has 0 saturated heterocycles. The van der Waals surface area contributed by atoms with E-state index in [1.54, 1.807) is 12.2 Å². The summed E-state index contributed by atoms with van der Waals surface area (Å²) in [6.07, 6.45) is 81.6. The molecule has 0 rings (SSSR count). The average Bonchev–Trinajstić information content (AvgIpc) is 0.932. The van der Waals surface area contributed by atoms with E-state index in [1.807, 2.05) is 12.2 Å². The highest BCUT2D eigenvalue weighted by Crippen LogP contribution is 2.45. The number of allylic oxidation sites excluding steroid dienone is 23. The molecule has 0 saturated carbocycles. The zero-order valence-electron chi connectivity index (χ0n) is 62.1. The Labute approximate surface area is 605 Å². The molecule has 100 heavy (non-hydrogen) atoms. The first kappa shape index (κ1) is 94.9. The molecule has 570 valence electrons.